The lowest BCUT2D eigenvalue weighted by molar-refractivity contribution is -0.274. The van der Waals surface area contributed by atoms with E-state index in [0.29, 0.717) is 0 Å². The van der Waals surface area contributed by atoms with Crippen molar-refractivity contribution in [2.75, 3.05) is 5.73 Å². The SMILES string of the molecule is Nc1cc(C(=O)c2ccccc2OC(F)(F)F)ccc1Cl. The van der Waals surface area contributed by atoms with Crippen LogP contribution >= 0.6 is 11.6 Å². The molecule has 110 valence electrons. The second kappa shape index (κ2) is 5.65. The van der Waals surface area contributed by atoms with Gasteiger partial charge in [-0.25, -0.2) is 0 Å². The number of hydrogen-bond donors (Lipinski definition) is 1. The smallest absolute Gasteiger partial charge is 0.405 e. The molecule has 2 rings (SSSR count). The number of carbonyl (C=O) groups excluding carboxylic acids is 1. The summed E-state index contributed by atoms with van der Waals surface area (Å²) in [6.07, 6.45) is -4.88. The summed E-state index contributed by atoms with van der Waals surface area (Å²) < 4.78 is 40.9. The molecule has 3 nitrogen and oxygen atoms in total. The van der Waals surface area contributed by atoms with Gasteiger partial charge in [-0.1, -0.05) is 23.7 Å². The summed E-state index contributed by atoms with van der Waals surface area (Å²) in [5, 5.41) is 0.256. The van der Waals surface area contributed by atoms with Gasteiger partial charge in [0.25, 0.3) is 0 Å². The molecule has 0 aliphatic carbocycles. The Morgan fingerprint density at radius 2 is 1.81 bits per heavy atom. The minimum absolute atomic E-state index is 0.120. The summed E-state index contributed by atoms with van der Waals surface area (Å²) in [6.45, 7) is 0. The molecule has 0 aliphatic rings. The highest BCUT2D eigenvalue weighted by Crippen LogP contribution is 2.29. The van der Waals surface area contributed by atoms with Crippen LogP contribution < -0.4 is 10.5 Å². The molecule has 0 unspecified atom stereocenters. The van der Waals surface area contributed by atoms with Gasteiger partial charge in [0.05, 0.1) is 16.3 Å². The summed E-state index contributed by atoms with van der Waals surface area (Å²) in [4.78, 5) is 12.3. The minimum Gasteiger partial charge on any atom is -0.405 e. The van der Waals surface area contributed by atoms with Gasteiger partial charge in [0.1, 0.15) is 5.75 Å². The first-order chi connectivity index (χ1) is 9.78. The van der Waals surface area contributed by atoms with E-state index in [1.165, 1.54) is 36.4 Å². The monoisotopic (exact) mass is 315 g/mol. The fourth-order valence-corrected chi connectivity index (χ4v) is 1.83. The van der Waals surface area contributed by atoms with Gasteiger partial charge in [0.15, 0.2) is 5.78 Å². The molecular weight excluding hydrogens is 307 g/mol. The van der Waals surface area contributed by atoms with Crippen LogP contribution in [0.5, 0.6) is 5.75 Å². The lowest BCUT2D eigenvalue weighted by Crippen LogP contribution is -2.19. The predicted molar refractivity (Wildman–Crippen MR) is 72.4 cm³/mol. The molecule has 2 N–H and O–H groups in total. The van der Waals surface area contributed by atoms with Crippen LogP contribution in [-0.4, -0.2) is 12.1 Å². The Morgan fingerprint density at radius 3 is 2.43 bits per heavy atom. The molecular formula is C14H9ClF3NO2. The second-order valence-electron chi connectivity index (χ2n) is 4.11. The van der Waals surface area contributed by atoms with E-state index in [0.717, 1.165) is 6.07 Å². The van der Waals surface area contributed by atoms with E-state index in [1.54, 1.807) is 0 Å². The van der Waals surface area contributed by atoms with Crippen molar-refractivity contribution in [3.63, 3.8) is 0 Å². The summed E-state index contributed by atoms with van der Waals surface area (Å²) >= 11 is 5.74. The predicted octanol–water partition coefficient (Wildman–Crippen LogP) is 4.05. The van der Waals surface area contributed by atoms with E-state index in [1.807, 2.05) is 0 Å². The molecule has 0 atom stereocenters. The van der Waals surface area contributed by atoms with Gasteiger partial charge in [-0.3, -0.25) is 4.79 Å². The molecule has 2 aromatic carbocycles. The molecule has 0 radical (unpaired) electrons. The largest absolute Gasteiger partial charge is 0.573 e. The molecule has 0 bridgehead atoms. The van der Waals surface area contributed by atoms with Crippen LogP contribution in [-0.2, 0) is 0 Å². The highest BCUT2D eigenvalue weighted by atomic mass is 35.5. The van der Waals surface area contributed by atoms with Crippen LogP contribution in [0.15, 0.2) is 42.5 Å². The summed E-state index contributed by atoms with van der Waals surface area (Å²) in [5.41, 5.74) is 5.65. The Balaban J connectivity index is 2.41. The van der Waals surface area contributed by atoms with Crippen LogP contribution in [0.2, 0.25) is 5.02 Å². The maximum absolute atomic E-state index is 12.3. The van der Waals surface area contributed by atoms with Crippen molar-refractivity contribution >= 4 is 23.1 Å². The van der Waals surface area contributed by atoms with E-state index in [9.17, 15) is 18.0 Å². The quantitative estimate of drug-likeness (QED) is 0.686. The van der Waals surface area contributed by atoms with Gasteiger partial charge in [-0.15, -0.1) is 13.2 Å². The lowest BCUT2D eigenvalue weighted by atomic mass is 10.0. The minimum atomic E-state index is -4.88. The van der Waals surface area contributed by atoms with Crippen LogP contribution in [0.4, 0.5) is 18.9 Å². The van der Waals surface area contributed by atoms with Crippen molar-refractivity contribution in [1.29, 1.82) is 0 Å². The van der Waals surface area contributed by atoms with Crippen LogP contribution in [0.25, 0.3) is 0 Å². The number of ether oxygens (including phenoxy) is 1. The summed E-state index contributed by atoms with van der Waals surface area (Å²) in [5.74, 6) is -1.21. The third kappa shape index (κ3) is 3.66. The third-order valence-electron chi connectivity index (χ3n) is 2.62. The number of halogens is 4. The lowest BCUT2D eigenvalue weighted by Gasteiger charge is -2.12. The molecule has 21 heavy (non-hydrogen) atoms. The molecule has 0 heterocycles. The molecule has 0 spiro atoms. The highest BCUT2D eigenvalue weighted by molar-refractivity contribution is 6.33. The van der Waals surface area contributed by atoms with Gasteiger partial charge >= 0.3 is 6.36 Å². The molecule has 0 amide bonds. The summed E-state index contributed by atoms with van der Waals surface area (Å²) in [7, 11) is 0. The first kappa shape index (κ1) is 15.2. The van der Waals surface area contributed by atoms with Gasteiger partial charge in [0, 0.05) is 5.56 Å². The Morgan fingerprint density at radius 1 is 1.14 bits per heavy atom. The van der Waals surface area contributed by atoms with E-state index in [-0.39, 0.29) is 21.8 Å². The van der Waals surface area contributed by atoms with Crippen LogP contribution in [0.1, 0.15) is 15.9 Å². The zero-order valence-corrected chi connectivity index (χ0v) is 11.2. The number of alkyl halides is 3. The Hall–Kier alpha value is -2.21. The fourth-order valence-electron chi connectivity index (χ4n) is 1.71. The maximum Gasteiger partial charge on any atom is 0.573 e. The van der Waals surface area contributed by atoms with Gasteiger partial charge < -0.3 is 10.5 Å². The average Bonchev–Trinajstić information content (AvgIpc) is 2.40. The molecule has 0 aliphatic heterocycles. The van der Waals surface area contributed by atoms with Crippen molar-refractivity contribution < 1.29 is 22.7 Å². The van der Waals surface area contributed by atoms with Crippen LogP contribution in [0.3, 0.4) is 0 Å². The summed E-state index contributed by atoms with van der Waals surface area (Å²) in [6, 6.07) is 9.18. The van der Waals surface area contributed by atoms with E-state index >= 15 is 0 Å². The molecule has 2 aromatic rings. The zero-order chi connectivity index (χ0) is 15.6. The first-order valence-electron chi connectivity index (χ1n) is 5.72. The number of carbonyl (C=O) groups is 1. The maximum atomic E-state index is 12.3. The molecule has 0 aromatic heterocycles. The van der Waals surface area contributed by atoms with Gasteiger partial charge in [-0.2, -0.15) is 0 Å². The third-order valence-corrected chi connectivity index (χ3v) is 2.96. The number of benzene rings is 2. The average molecular weight is 316 g/mol. The standard InChI is InChI=1S/C14H9ClF3NO2/c15-10-6-5-8(7-11(10)19)13(20)9-3-1-2-4-12(9)21-14(16,17)18/h1-7H,19H2. The van der Waals surface area contributed by atoms with Gasteiger partial charge in [0.2, 0.25) is 0 Å². The highest BCUT2D eigenvalue weighted by Gasteiger charge is 2.32. The number of nitrogens with two attached hydrogens (primary N) is 1. The van der Waals surface area contributed by atoms with E-state index in [4.69, 9.17) is 17.3 Å². The number of anilines is 1. The van der Waals surface area contributed by atoms with Crippen molar-refractivity contribution in [3.05, 3.63) is 58.6 Å². The number of rotatable bonds is 3. The number of hydrogen-bond acceptors (Lipinski definition) is 3. The van der Waals surface area contributed by atoms with Crippen molar-refractivity contribution in [3.8, 4) is 5.75 Å². The molecule has 0 fully saturated rings. The number of ketones is 1. The van der Waals surface area contributed by atoms with E-state index < -0.39 is 17.9 Å². The van der Waals surface area contributed by atoms with Crippen molar-refractivity contribution in [2.24, 2.45) is 0 Å². The molecule has 7 heteroatoms. The Labute approximate surface area is 123 Å². The van der Waals surface area contributed by atoms with Crippen LogP contribution in [0, 0.1) is 0 Å². The molecule has 0 saturated heterocycles. The Bertz CT molecular complexity index is 686. The zero-order valence-electron chi connectivity index (χ0n) is 10.4. The Kier molecular flexibility index (Phi) is 4.09. The second-order valence-corrected chi connectivity index (χ2v) is 4.52. The van der Waals surface area contributed by atoms with Crippen molar-refractivity contribution in [2.45, 2.75) is 6.36 Å². The van der Waals surface area contributed by atoms with Crippen molar-refractivity contribution in [1.82, 2.24) is 0 Å². The fraction of sp³-hybridized carbons (Fsp3) is 0.0714. The number of nitrogen functional groups attached to an aromatic ring is 1. The topological polar surface area (TPSA) is 52.3 Å². The number of para-hydroxylation sites is 1. The normalized spacial score (nSPS) is 11.2. The molecule has 0 saturated carbocycles. The first-order valence-corrected chi connectivity index (χ1v) is 6.10. The van der Waals surface area contributed by atoms with Gasteiger partial charge in [-0.05, 0) is 30.3 Å². The van der Waals surface area contributed by atoms with E-state index in [2.05, 4.69) is 4.74 Å².